The number of nitrogens with zero attached hydrogens (tertiary/aromatic N) is 1. The van der Waals surface area contributed by atoms with E-state index in [0.29, 0.717) is 0 Å². The summed E-state index contributed by atoms with van der Waals surface area (Å²) in [5.74, 6) is -0.0767. The van der Waals surface area contributed by atoms with Crippen LogP contribution in [0.4, 0.5) is 0 Å². The predicted octanol–water partition coefficient (Wildman–Crippen LogP) is 1.95. The molecule has 0 radical (unpaired) electrons. The normalized spacial score (nSPS) is 30.7. The number of benzene rings is 1. The molecule has 0 aromatic heterocycles. The third-order valence-electron chi connectivity index (χ3n) is 4.76. The van der Waals surface area contributed by atoms with Crippen LogP contribution in [0.25, 0.3) is 0 Å². The van der Waals surface area contributed by atoms with Gasteiger partial charge in [-0.15, -0.1) is 0 Å². The molecule has 1 aliphatic carbocycles. The highest BCUT2D eigenvalue weighted by atomic mass is 16.5. The molecule has 1 spiro atoms. The molecule has 2 atom stereocenters. The smallest absolute Gasteiger partial charge is 0.310 e. The first-order chi connectivity index (χ1) is 8.70. The Bertz CT molecular complexity index is 485. The van der Waals surface area contributed by atoms with Crippen LogP contribution in [0, 0.1) is 5.92 Å². The molecule has 1 heterocycles. The minimum absolute atomic E-state index is 0.0175. The predicted molar refractivity (Wildman–Crippen MR) is 69.2 cm³/mol. The fourth-order valence-corrected chi connectivity index (χ4v) is 3.86. The van der Waals surface area contributed by atoms with Gasteiger partial charge in [0.05, 0.1) is 18.6 Å². The summed E-state index contributed by atoms with van der Waals surface area (Å²) < 4.78 is 5.02. The summed E-state index contributed by atoms with van der Waals surface area (Å²) in [6, 6.07) is 8.52. The number of aryl methyl sites for hydroxylation is 1. The third-order valence-corrected chi connectivity index (χ3v) is 4.76. The van der Waals surface area contributed by atoms with E-state index in [-0.39, 0.29) is 17.4 Å². The van der Waals surface area contributed by atoms with E-state index in [9.17, 15) is 4.79 Å². The van der Waals surface area contributed by atoms with Gasteiger partial charge in [0, 0.05) is 0 Å². The molecule has 0 amide bonds. The van der Waals surface area contributed by atoms with Crippen molar-refractivity contribution in [3.63, 3.8) is 0 Å². The Morgan fingerprint density at radius 2 is 2.22 bits per heavy atom. The molecule has 18 heavy (non-hydrogen) atoms. The number of ether oxygens (including phenoxy) is 1. The Kier molecular flexibility index (Phi) is 2.67. The van der Waals surface area contributed by atoms with E-state index < -0.39 is 0 Å². The Labute approximate surface area is 108 Å². The van der Waals surface area contributed by atoms with Crippen LogP contribution >= 0.6 is 0 Å². The summed E-state index contributed by atoms with van der Waals surface area (Å²) in [6.07, 6.45) is 2.99. The molecule has 1 aromatic rings. The molecular formula is C15H19NO2. The minimum atomic E-state index is -0.121. The summed E-state index contributed by atoms with van der Waals surface area (Å²) >= 11 is 0. The molecule has 3 heteroatoms. The number of esters is 1. The average Bonchev–Trinajstić information content (AvgIpc) is 2.94. The Hall–Kier alpha value is -1.35. The molecule has 0 N–H and O–H groups in total. The van der Waals surface area contributed by atoms with Gasteiger partial charge in [-0.3, -0.25) is 9.69 Å². The number of carbonyl (C=O) groups is 1. The van der Waals surface area contributed by atoms with E-state index in [4.69, 9.17) is 4.74 Å². The number of rotatable bonds is 1. The highest BCUT2D eigenvalue weighted by molar-refractivity contribution is 5.75. The van der Waals surface area contributed by atoms with Gasteiger partial charge in [-0.2, -0.15) is 0 Å². The maximum atomic E-state index is 12.1. The zero-order valence-corrected chi connectivity index (χ0v) is 11.0. The molecule has 1 aliphatic heterocycles. The molecule has 3 nitrogen and oxygen atoms in total. The first-order valence-corrected chi connectivity index (χ1v) is 6.57. The van der Waals surface area contributed by atoms with Crippen LogP contribution < -0.4 is 0 Å². The second kappa shape index (κ2) is 4.09. The Morgan fingerprint density at radius 3 is 3.00 bits per heavy atom. The van der Waals surface area contributed by atoms with Crippen LogP contribution in [0.3, 0.4) is 0 Å². The molecule has 1 aromatic carbocycles. The van der Waals surface area contributed by atoms with Crippen molar-refractivity contribution < 1.29 is 9.53 Å². The van der Waals surface area contributed by atoms with Crippen molar-refractivity contribution in [3.8, 4) is 0 Å². The van der Waals surface area contributed by atoms with E-state index in [1.807, 2.05) is 0 Å². The van der Waals surface area contributed by atoms with Crippen LogP contribution in [-0.4, -0.2) is 31.6 Å². The second-order valence-corrected chi connectivity index (χ2v) is 5.37. The van der Waals surface area contributed by atoms with Crippen molar-refractivity contribution >= 4 is 5.97 Å². The fraction of sp³-hybridized carbons (Fsp3) is 0.533. The lowest BCUT2D eigenvalue weighted by atomic mass is 9.80. The molecule has 1 saturated heterocycles. The zero-order valence-electron chi connectivity index (χ0n) is 11.0. The van der Waals surface area contributed by atoms with Crippen molar-refractivity contribution in [2.75, 3.05) is 20.7 Å². The van der Waals surface area contributed by atoms with Gasteiger partial charge in [0.15, 0.2) is 0 Å². The van der Waals surface area contributed by atoms with Gasteiger partial charge >= 0.3 is 5.97 Å². The van der Waals surface area contributed by atoms with Crippen molar-refractivity contribution in [2.45, 2.75) is 24.8 Å². The highest BCUT2D eigenvalue weighted by Crippen LogP contribution is 2.51. The monoisotopic (exact) mass is 245 g/mol. The Balaban J connectivity index is 2.10. The van der Waals surface area contributed by atoms with Gasteiger partial charge in [-0.25, -0.2) is 0 Å². The maximum absolute atomic E-state index is 12.1. The van der Waals surface area contributed by atoms with Gasteiger partial charge < -0.3 is 4.74 Å². The van der Waals surface area contributed by atoms with E-state index in [1.54, 1.807) is 0 Å². The van der Waals surface area contributed by atoms with Gasteiger partial charge in [0.1, 0.15) is 0 Å². The molecule has 0 bridgehead atoms. The van der Waals surface area contributed by atoms with E-state index in [1.165, 1.54) is 18.2 Å². The van der Waals surface area contributed by atoms with Gasteiger partial charge in [0.2, 0.25) is 0 Å². The zero-order chi connectivity index (χ0) is 12.8. The number of methoxy groups -OCH3 is 1. The molecular weight excluding hydrogens is 226 g/mol. The summed E-state index contributed by atoms with van der Waals surface area (Å²) in [6.45, 7) is 0.966. The second-order valence-electron chi connectivity index (χ2n) is 5.37. The third kappa shape index (κ3) is 1.37. The summed E-state index contributed by atoms with van der Waals surface area (Å²) in [7, 11) is 3.63. The largest absolute Gasteiger partial charge is 0.469 e. The van der Waals surface area contributed by atoms with Crippen LogP contribution in [0.5, 0.6) is 0 Å². The summed E-state index contributed by atoms with van der Waals surface area (Å²) in [4.78, 5) is 14.4. The van der Waals surface area contributed by atoms with E-state index >= 15 is 0 Å². The molecule has 1 fully saturated rings. The highest BCUT2D eigenvalue weighted by Gasteiger charge is 2.54. The van der Waals surface area contributed by atoms with Crippen LogP contribution in [-0.2, 0) is 21.5 Å². The maximum Gasteiger partial charge on any atom is 0.310 e. The fourth-order valence-electron chi connectivity index (χ4n) is 3.86. The quantitative estimate of drug-likeness (QED) is 0.708. The lowest BCUT2D eigenvalue weighted by molar-refractivity contribution is -0.148. The number of fused-ring (bicyclic) bond motifs is 2. The topological polar surface area (TPSA) is 29.5 Å². The van der Waals surface area contributed by atoms with Gasteiger partial charge in [0.25, 0.3) is 0 Å². The Morgan fingerprint density at radius 1 is 1.44 bits per heavy atom. The van der Waals surface area contributed by atoms with Crippen LogP contribution in [0.2, 0.25) is 0 Å². The lowest BCUT2D eigenvalue weighted by Crippen LogP contribution is -2.44. The lowest BCUT2D eigenvalue weighted by Gasteiger charge is -2.37. The summed E-state index contributed by atoms with van der Waals surface area (Å²) in [5.41, 5.74) is 2.60. The molecule has 0 saturated carbocycles. The van der Waals surface area contributed by atoms with Crippen LogP contribution in [0.1, 0.15) is 24.0 Å². The average molecular weight is 245 g/mol. The van der Waals surface area contributed by atoms with Gasteiger partial charge in [-0.1, -0.05) is 24.3 Å². The SMILES string of the molecule is COC(=O)C1CCN(C)[C@@]12CCc1ccccc12. The molecule has 96 valence electrons. The van der Waals surface area contributed by atoms with Crippen LogP contribution in [0.15, 0.2) is 24.3 Å². The molecule has 2 aliphatic rings. The number of hydrogen-bond acceptors (Lipinski definition) is 3. The number of likely N-dealkylation sites (tertiary alicyclic amines) is 1. The van der Waals surface area contributed by atoms with E-state index in [2.05, 4.69) is 36.2 Å². The van der Waals surface area contributed by atoms with E-state index in [0.717, 1.165) is 25.8 Å². The standard InChI is InChI=1S/C15H19NO2/c1-16-10-8-13(14(17)18-2)15(16)9-7-11-5-3-4-6-12(11)15/h3-6,13H,7-10H2,1-2H3/t13?,15-/m1/s1. The van der Waals surface area contributed by atoms with Crippen molar-refractivity contribution in [2.24, 2.45) is 5.92 Å². The summed E-state index contributed by atoms with van der Waals surface area (Å²) in [5, 5.41) is 0. The van der Waals surface area contributed by atoms with Crippen molar-refractivity contribution in [3.05, 3.63) is 35.4 Å². The van der Waals surface area contributed by atoms with Crippen molar-refractivity contribution in [1.82, 2.24) is 4.90 Å². The minimum Gasteiger partial charge on any atom is -0.469 e. The number of carbonyl (C=O) groups excluding carboxylic acids is 1. The molecule has 1 unspecified atom stereocenters. The van der Waals surface area contributed by atoms with Crippen molar-refractivity contribution in [1.29, 1.82) is 0 Å². The molecule has 3 rings (SSSR count). The van der Waals surface area contributed by atoms with Gasteiger partial charge in [-0.05, 0) is 44.0 Å². The first-order valence-electron chi connectivity index (χ1n) is 6.57. The first kappa shape index (κ1) is 11.7. The number of hydrogen-bond donors (Lipinski definition) is 0.